The summed E-state index contributed by atoms with van der Waals surface area (Å²) in [5.74, 6) is -0.960. The van der Waals surface area contributed by atoms with Crippen molar-refractivity contribution < 1.29 is 19.1 Å². The number of nitrogens with zero attached hydrogens (tertiary/aromatic N) is 3. The first-order chi connectivity index (χ1) is 14.9. The quantitative estimate of drug-likeness (QED) is 0.731. The molecular weight excluding hydrogens is 414 g/mol. The predicted molar refractivity (Wildman–Crippen MR) is 119 cm³/mol. The van der Waals surface area contributed by atoms with Gasteiger partial charge in [0.2, 0.25) is 5.91 Å². The van der Waals surface area contributed by atoms with Crippen molar-refractivity contribution in [2.24, 2.45) is 5.92 Å². The minimum absolute atomic E-state index is 0.00407. The second kappa shape index (κ2) is 8.43. The van der Waals surface area contributed by atoms with Crippen LogP contribution in [0.3, 0.4) is 0 Å². The number of ether oxygens (including phenoxy) is 1. The van der Waals surface area contributed by atoms with Crippen LogP contribution in [0.5, 0.6) is 0 Å². The van der Waals surface area contributed by atoms with Crippen molar-refractivity contribution in [1.82, 2.24) is 9.80 Å². The third kappa shape index (κ3) is 3.53. The number of amides is 3. The lowest BCUT2D eigenvalue weighted by atomic mass is 9.75. The van der Waals surface area contributed by atoms with Gasteiger partial charge in [-0.3, -0.25) is 14.4 Å². The van der Waals surface area contributed by atoms with E-state index >= 15 is 0 Å². The molecular formula is C23H27N3O4S. The van der Waals surface area contributed by atoms with Gasteiger partial charge in [-0.05, 0) is 36.4 Å². The van der Waals surface area contributed by atoms with Crippen LogP contribution in [0.2, 0.25) is 0 Å². The average Bonchev–Trinajstić information content (AvgIpc) is 3.41. The van der Waals surface area contributed by atoms with Crippen LogP contribution in [0.15, 0.2) is 47.8 Å². The number of carbonyl (C=O) groups is 3. The van der Waals surface area contributed by atoms with E-state index in [9.17, 15) is 14.4 Å². The molecule has 164 valence electrons. The number of likely N-dealkylation sites (N-methyl/N-ethyl adjacent to an activating group) is 1. The lowest BCUT2D eigenvalue weighted by Gasteiger charge is -2.46. The van der Waals surface area contributed by atoms with Crippen LogP contribution in [0, 0.1) is 5.92 Å². The number of hydrogen-bond acceptors (Lipinski definition) is 5. The molecule has 2 aliphatic heterocycles. The highest BCUT2D eigenvalue weighted by Crippen LogP contribution is 2.45. The van der Waals surface area contributed by atoms with Crippen molar-refractivity contribution in [3.05, 3.63) is 52.7 Å². The molecule has 31 heavy (non-hydrogen) atoms. The summed E-state index contributed by atoms with van der Waals surface area (Å²) in [4.78, 5) is 45.3. The zero-order valence-corrected chi connectivity index (χ0v) is 18.8. The van der Waals surface area contributed by atoms with Crippen molar-refractivity contribution in [3.8, 4) is 0 Å². The van der Waals surface area contributed by atoms with Gasteiger partial charge < -0.3 is 19.4 Å². The molecule has 3 amide bonds. The number of para-hydroxylation sites is 1. The third-order valence-corrected chi connectivity index (χ3v) is 7.62. The van der Waals surface area contributed by atoms with Gasteiger partial charge in [-0.25, -0.2) is 0 Å². The third-order valence-electron chi connectivity index (χ3n) is 6.77. The van der Waals surface area contributed by atoms with Gasteiger partial charge in [0.05, 0.1) is 16.3 Å². The predicted octanol–water partition coefficient (Wildman–Crippen LogP) is 2.49. The summed E-state index contributed by atoms with van der Waals surface area (Å²) >= 11 is 1.42. The summed E-state index contributed by atoms with van der Waals surface area (Å²) < 4.78 is 5.56. The van der Waals surface area contributed by atoms with Crippen molar-refractivity contribution in [1.29, 1.82) is 0 Å². The number of benzene rings is 1. The zero-order chi connectivity index (χ0) is 22.2. The maximum Gasteiger partial charge on any atom is 0.263 e. The Labute approximate surface area is 186 Å². The molecule has 3 heterocycles. The standard InChI is InChI=1S/C23H27N3O4S/c1-24(16-8-5-4-6-9-16)21(28)18-19(30-3)22(29)25(2)23(18)11-13-26(14-12-23)20(27)17-10-7-15-31-17/h4-10,15,18-19H,11-14H2,1-3H3/t18-,19+/m0/s1. The van der Waals surface area contributed by atoms with Crippen molar-refractivity contribution in [3.63, 3.8) is 0 Å². The molecule has 2 aliphatic rings. The van der Waals surface area contributed by atoms with Crippen LogP contribution in [0.1, 0.15) is 22.5 Å². The minimum Gasteiger partial charge on any atom is -0.371 e. The van der Waals surface area contributed by atoms with Crippen molar-refractivity contribution in [2.45, 2.75) is 24.5 Å². The van der Waals surface area contributed by atoms with Gasteiger partial charge in [0.1, 0.15) is 6.10 Å². The summed E-state index contributed by atoms with van der Waals surface area (Å²) in [7, 11) is 4.96. The Bertz CT molecular complexity index is 954. The molecule has 0 unspecified atom stereocenters. The Morgan fingerprint density at radius 1 is 1.13 bits per heavy atom. The number of rotatable bonds is 4. The SMILES string of the molecule is CO[C@H]1C(=O)N(C)C2(CCN(C(=O)c3cccs3)CC2)[C@@H]1C(=O)N(C)c1ccccc1. The fraction of sp³-hybridized carbons (Fsp3) is 0.435. The molecule has 0 aliphatic carbocycles. The van der Waals surface area contributed by atoms with E-state index in [2.05, 4.69) is 0 Å². The van der Waals surface area contributed by atoms with E-state index in [0.29, 0.717) is 30.8 Å². The number of methoxy groups -OCH3 is 1. The number of hydrogen-bond donors (Lipinski definition) is 0. The van der Waals surface area contributed by atoms with Crippen LogP contribution >= 0.6 is 11.3 Å². The Balaban J connectivity index is 1.61. The van der Waals surface area contributed by atoms with Crippen LogP contribution in [-0.4, -0.2) is 73.5 Å². The second-order valence-electron chi connectivity index (χ2n) is 8.14. The van der Waals surface area contributed by atoms with Crippen LogP contribution < -0.4 is 4.90 Å². The smallest absolute Gasteiger partial charge is 0.263 e. The fourth-order valence-corrected chi connectivity index (χ4v) is 5.62. The first-order valence-electron chi connectivity index (χ1n) is 10.4. The van der Waals surface area contributed by atoms with Crippen molar-refractivity contribution >= 4 is 34.7 Å². The van der Waals surface area contributed by atoms with Crippen LogP contribution in [0.25, 0.3) is 0 Å². The van der Waals surface area contributed by atoms with E-state index in [-0.39, 0.29) is 17.7 Å². The van der Waals surface area contributed by atoms with Crippen LogP contribution in [0.4, 0.5) is 5.69 Å². The Morgan fingerprint density at radius 2 is 1.81 bits per heavy atom. The van der Waals surface area contributed by atoms with Gasteiger partial charge >= 0.3 is 0 Å². The first kappa shape index (κ1) is 21.5. The first-order valence-corrected chi connectivity index (χ1v) is 11.2. The molecule has 2 saturated heterocycles. The molecule has 0 N–H and O–H groups in total. The average molecular weight is 442 g/mol. The number of thiophene rings is 1. The zero-order valence-electron chi connectivity index (χ0n) is 18.0. The van der Waals surface area contributed by atoms with Gasteiger partial charge in [0, 0.05) is 40.0 Å². The Kier molecular flexibility index (Phi) is 5.85. The van der Waals surface area contributed by atoms with Gasteiger partial charge in [0.15, 0.2) is 0 Å². The molecule has 2 aromatic rings. The highest BCUT2D eigenvalue weighted by molar-refractivity contribution is 7.12. The minimum atomic E-state index is -0.830. The molecule has 0 saturated carbocycles. The Morgan fingerprint density at radius 3 is 2.39 bits per heavy atom. The molecule has 4 rings (SSSR count). The molecule has 1 spiro atoms. The maximum absolute atomic E-state index is 13.7. The van der Waals surface area contributed by atoms with Gasteiger partial charge in [0.25, 0.3) is 11.8 Å². The van der Waals surface area contributed by atoms with Crippen molar-refractivity contribution in [2.75, 3.05) is 39.2 Å². The van der Waals surface area contributed by atoms with Gasteiger partial charge in [-0.1, -0.05) is 24.3 Å². The molecule has 2 fully saturated rings. The topological polar surface area (TPSA) is 70.2 Å². The number of carbonyl (C=O) groups excluding carboxylic acids is 3. The Hall–Kier alpha value is -2.71. The molecule has 7 nitrogen and oxygen atoms in total. The monoisotopic (exact) mass is 441 g/mol. The summed E-state index contributed by atoms with van der Waals surface area (Å²) in [6.07, 6.45) is 0.236. The molecule has 0 radical (unpaired) electrons. The number of likely N-dealkylation sites (tertiary alicyclic amines) is 2. The maximum atomic E-state index is 13.7. The summed E-state index contributed by atoms with van der Waals surface area (Å²) in [6, 6.07) is 13.1. The lowest BCUT2D eigenvalue weighted by molar-refractivity contribution is -0.138. The molecule has 2 atom stereocenters. The number of piperidine rings is 1. The normalized spacial score (nSPS) is 22.7. The van der Waals surface area contributed by atoms with E-state index < -0.39 is 17.6 Å². The molecule has 8 heteroatoms. The van der Waals surface area contributed by atoms with Gasteiger partial charge in [-0.2, -0.15) is 0 Å². The lowest BCUT2D eigenvalue weighted by Crippen LogP contribution is -2.59. The fourth-order valence-electron chi connectivity index (χ4n) is 4.93. The second-order valence-corrected chi connectivity index (χ2v) is 9.08. The van der Waals surface area contributed by atoms with Gasteiger partial charge in [-0.15, -0.1) is 11.3 Å². The molecule has 1 aromatic carbocycles. The van der Waals surface area contributed by atoms with E-state index in [0.717, 1.165) is 5.69 Å². The summed E-state index contributed by atoms with van der Waals surface area (Å²) in [5.41, 5.74) is 0.0919. The van der Waals surface area contributed by atoms with E-state index in [1.807, 2.05) is 52.7 Å². The summed E-state index contributed by atoms with van der Waals surface area (Å²) in [6.45, 7) is 0.979. The van der Waals surface area contributed by atoms with Crippen LogP contribution in [-0.2, 0) is 14.3 Å². The van der Waals surface area contributed by atoms with E-state index in [4.69, 9.17) is 4.74 Å². The molecule has 0 bridgehead atoms. The highest BCUT2D eigenvalue weighted by Gasteiger charge is 2.61. The number of anilines is 1. The summed E-state index contributed by atoms with van der Waals surface area (Å²) in [5, 5.41) is 1.89. The largest absolute Gasteiger partial charge is 0.371 e. The van der Waals surface area contributed by atoms with E-state index in [1.54, 1.807) is 23.9 Å². The molecule has 1 aromatic heterocycles. The van der Waals surface area contributed by atoms with E-state index in [1.165, 1.54) is 18.4 Å². The highest BCUT2D eigenvalue weighted by atomic mass is 32.1.